The maximum Gasteiger partial charge on any atom is 0.224 e. The minimum Gasteiger partial charge on any atom is -0.286 e. The lowest BCUT2D eigenvalue weighted by molar-refractivity contribution is 0.103. The highest BCUT2D eigenvalue weighted by Gasteiger charge is 2.14. The summed E-state index contributed by atoms with van der Waals surface area (Å²) in [5.41, 5.74) is 1.20. The van der Waals surface area contributed by atoms with Crippen LogP contribution in [0.2, 0.25) is 0 Å². The summed E-state index contributed by atoms with van der Waals surface area (Å²) in [6.45, 7) is 0. The third-order valence-corrected chi connectivity index (χ3v) is 3.33. The molecule has 0 saturated carbocycles. The molecule has 5 heteroatoms. The molecule has 0 unspecified atom stereocenters. The van der Waals surface area contributed by atoms with Crippen LogP contribution in [0.15, 0.2) is 54.0 Å². The third-order valence-electron chi connectivity index (χ3n) is 2.46. The van der Waals surface area contributed by atoms with Gasteiger partial charge in [0.1, 0.15) is 0 Å². The van der Waals surface area contributed by atoms with E-state index in [1.807, 2.05) is 41.8 Å². The van der Waals surface area contributed by atoms with E-state index in [1.165, 1.54) is 22.3 Å². The van der Waals surface area contributed by atoms with Crippen LogP contribution in [0.1, 0.15) is 15.4 Å². The smallest absolute Gasteiger partial charge is 0.224 e. The molecule has 0 fully saturated rings. The number of benzene rings is 1. The topological polar surface area (TPSA) is 47.8 Å². The Morgan fingerprint density at radius 3 is 2.67 bits per heavy atom. The summed E-state index contributed by atoms with van der Waals surface area (Å²) in [7, 11) is 0. The van der Waals surface area contributed by atoms with Crippen LogP contribution in [-0.2, 0) is 0 Å². The Hall–Kier alpha value is -2.27. The van der Waals surface area contributed by atoms with Crippen LogP contribution in [0.4, 0.5) is 0 Å². The number of aromatic nitrogens is 3. The summed E-state index contributed by atoms with van der Waals surface area (Å²) in [5.74, 6) is -0.0906. The van der Waals surface area contributed by atoms with Gasteiger partial charge in [-0.1, -0.05) is 24.3 Å². The van der Waals surface area contributed by atoms with E-state index in [0.717, 1.165) is 5.69 Å². The summed E-state index contributed by atoms with van der Waals surface area (Å²) in [4.78, 5) is 14.2. The summed E-state index contributed by atoms with van der Waals surface area (Å²) >= 11 is 1.40. The van der Waals surface area contributed by atoms with Gasteiger partial charge in [-0.3, -0.25) is 4.79 Å². The Bertz CT molecular complexity index is 659. The second-order valence-electron chi connectivity index (χ2n) is 3.66. The Morgan fingerprint density at radius 2 is 1.94 bits per heavy atom. The first-order valence-corrected chi connectivity index (χ1v) is 6.28. The number of rotatable bonds is 3. The van der Waals surface area contributed by atoms with Gasteiger partial charge in [-0.2, -0.15) is 9.90 Å². The lowest BCUT2D eigenvalue weighted by Crippen LogP contribution is -2.03. The summed E-state index contributed by atoms with van der Waals surface area (Å²) < 4.78 is 0. The molecule has 0 saturated heterocycles. The molecule has 88 valence electrons. The Balaban J connectivity index is 1.93. The number of ketones is 1. The van der Waals surface area contributed by atoms with Crippen molar-refractivity contribution in [1.82, 2.24) is 15.0 Å². The fraction of sp³-hybridized carbons (Fsp3) is 0. The molecule has 18 heavy (non-hydrogen) atoms. The number of carbonyl (C=O) groups is 1. The molecule has 0 aliphatic carbocycles. The predicted molar refractivity (Wildman–Crippen MR) is 69.1 cm³/mol. The molecule has 1 aromatic carbocycles. The summed E-state index contributed by atoms with van der Waals surface area (Å²) in [6.07, 6.45) is 1.50. The summed E-state index contributed by atoms with van der Waals surface area (Å²) in [6, 6.07) is 13.1. The molecule has 4 nitrogen and oxygen atoms in total. The fourth-order valence-electron chi connectivity index (χ4n) is 1.59. The maximum atomic E-state index is 12.0. The lowest BCUT2D eigenvalue weighted by atomic mass is 10.2. The Morgan fingerprint density at radius 1 is 1.11 bits per heavy atom. The highest BCUT2D eigenvalue weighted by molar-refractivity contribution is 7.12. The van der Waals surface area contributed by atoms with E-state index < -0.39 is 0 Å². The second-order valence-corrected chi connectivity index (χ2v) is 4.61. The van der Waals surface area contributed by atoms with E-state index in [9.17, 15) is 4.79 Å². The standard InChI is InChI=1S/C13H9N3OS/c17-13(12-7-4-8-18-12)11-9-14-16(15-11)10-5-2-1-3-6-10/h1-9H. The second kappa shape index (κ2) is 4.54. The molecule has 0 aliphatic heterocycles. The minimum absolute atomic E-state index is 0.0906. The van der Waals surface area contributed by atoms with Crippen LogP contribution in [0, 0.1) is 0 Å². The van der Waals surface area contributed by atoms with Gasteiger partial charge < -0.3 is 0 Å². The van der Waals surface area contributed by atoms with Crippen molar-refractivity contribution >= 4 is 17.1 Å². The molecule has 0 aliphatic rings. The van der Waals surface area contributed by atoms with E-state index in [4.69, 9.17) is 0 Å². The molecule has 0 spiro atoms. The van der Waals surface area contributed by atoms with Crippen LogP contribution in [0.3, 0.4) is 0 Å². The van der Waals surface area contributed by atoms with Gasteiger partial charge in [-0.15, -0.1) is 16.4 Å². The fourth-order valence-corrected chi connectivity index (χ4v) is 2.26. The van der Waals surface area contributed by atoms with Crippen LogP contribution in [0.25, 0.3) is 5.69 Å². The van der Waals surface area contributed by atoms with E-state index in [2.05, 4.69) is 10.2 Å². The van der Waals surface area contributed by atoms with Crippen molar-refractivity contribution in [2.75, 3.05) is 0 Å². The molecule has 0 amide bonds. The van der Waals surface area contributed by atoms with E-state index >= 15 is 0 Å². The van der Waals surface area contributed by atoms with Gasteiger partial charge in [0, 0.05) is 0 Å². The van der Waals surface area contributed by atoms with Crippen LogP contribution in [0.5, 0.6) is 0 Å². The molecule has 2 aromatic heterocycles. The number of hydrogen-bond donors (Lipinski definition) is 0. The van der Waals surface area contributed by atoms with Crippen LogP contribution < -0.4 is 0 Å². The molecule has 2 heterocycles. The van der Waals surface area contributed by atoms with Crippen LogP contribution in [-0.4, -0.2) is 20.8 Å². The Kier molecular flexibility index (Phi) is 2.74. The highest BCUT2D eigenvalue weighted by atomic mass is 32.1. The number of nitrogens with zero attached hydrogens (tertiary/aromatic N) is 3. The van der Waals surface area contributed by atoms with E-state index in [1.54, 1.807) is 6.07 Å². The zero-order valence-electron chi connectivity index (χ0n) is 9.35. The highest BCUT2D eigenvalue weighted by Crippen LogP contribution is 2.13. The van der Waals surface area contributed by atoms with Crippen molar-refractivity contribution in [2.24, 2.45) is 0 Å². The molecule has 0 bridgehead atoms. The molecule has 0 radical (unpaired) electrons. The lowest BCUT2D eigenvalue weighted by Gasteiger charge is -1.97. The number of hydrogen-bond acceptors (Lipinski definition) is 4. The van der Waals surface area contributed by atoms with Crippen molar-refractivity contribution in [2.45, 2.75) is 0 Å². The van der Waals surface area contributed by atoms with Gasteiger partial charge in [0.05, 0.1) is 16.8 Å². The molecule has 0 N–H and O–H groups in total. The van der Waals surface area contributed by atoms with Gasteiger partial charge in [0.15, 0.2) is 5.69 Å². The van der Waals surface area contributed by atoms with Crippen LogP contribution >= 0.6 is 11.3 Å². The van der Waals surface area contributed by atoms with Crippen molar-refractivity contribution in [3.63, 3.8) is 0 Å². The minimum atomic E-state index is -0.0906. The van der Waals surface area contributed by atoms with E-state index in [0.29, 0.717) is 10.6 Å². The van der Waals surface area contributed by atoms with Crippen molar-refractivity contribution in [3.05, 3.63) is 64.6 Å². The quantitative estimate of drug-likeness (QED) is 0.676. The first-order chi connectivity index (χ1) is 8.84. The average molecular weight is 255 g/mol. The Labute approximate surface area is 108 Å². The van der Waals surface area contributed by atoms with E-state index in [-0.39, 0.29) is 5.78 Å². The van der Waals surface area contributed by atoms with Gasteiger partial charge in [0.25, 0.3) is 0 Å². The molecule has 0 atom stereocenters. The molecule has 3 rings (SSSR count). The first kappa shape index (κ1) is 10.9. The number of para-hydroxylation sites is 1. The van der Waals surface area contributed by atoms with Gasteiger partial charge >= 0.3 is 0 Å². The molecular weight excluding hydrogens is 246 g/mol. The predicted octanol–water partition coefficient (Wildman–Crippen LogP) is 2.56. The average Bonchev–Trinajstić information content (AvgIpc) is 3.10. The van der Waals surface area contributed by atoms with Gasteiger partial charge in [-0.05, 0) is 23.6 Å². The third kappa shape index (κ3) is 1.96. The summed E-state index contributed by atoms with van der Waals surface area (Å²) in [5, 5.41) is 10.2. The largest absolute Gasteiger partial charge is 0.286 e. The zero-order chi connectivity index (χ0) is 12.4. The SMILES string of the molecule is O=C(c1cnn(-c2ccccc2)n1)c1cccs1. The van der Waals surface area contributed by atoms with Crippen molar-refractivity contribution < 1.29 is 4.79 Å². The van der Waals surface area contributed by atoms with Gasteiger partial charge in [0.2, 0.25) is 5.78 Å². The molecular formula is C13H9N3OS. The maximum absolute atomic E-state index is 12.0. The normalized spacial score (nSPS) is 10.4. The molecule has 3 aromatic rings. The zero-order valence-corrected chi connectivity index (χ0v) is 10.2. The number of carbonyl (C=O) groups excluding carboxylic acids is 1. The number of thiophene rings is 1. The monoisotopic (exact) mass is 255 g/mol. The van der Waals surface area contributed by atoms with Crippen molar-refractivity contribution in [1.29, 1.82) is 0 Å². The first-order valence-electron chi connectivity index (χ1n) is 5.40. The van der Waals surface area contributed by atoms with Crippen molar-refractivity contribution in [3.8, 4) is 5.69 Å². The van der Waals surface area contributed by atoms with Gasteiger partial charge in [-0.25, -0.2) is 0 Å².